The maximum absolute atomic E-state index is 4.89. The summed E-state index contributed by atoms with van der Waals surface area (Å²) in [5, 5.41) is 0. The number of likely N-dealkylation sites (tertiary alicyclic amines) is 1. The molecule has 18 heavy (non-hydrogen) atoms. The van der Waals surface area contributed by atoms with Gasteiger partial charge in [0.1, 0.15) is 5.84 Å². The van der Waals surface area contributed by atoms with Gasteiger partial charge in [-0.3, -0.25) is 4.99 Å². The monoisotopic (exact) mass is 250 g/mol. The van der Waals surface area contributed by atoms with E-state index < -0.39 is 0 Å². The second-order valence-electron chi connectivity index (χ2n) is 6.27. The maximum atomic E-state index is 4.89. The zero-order chi connectivity index (χ0) is 13.0. The van der Waals surface area contributed by atoms with E-state index in [1.807, 2.05) is 0 Å². The van der Waals surface area contributed by atoms with Crippen molar-refractivity contribution in [1.29, 1.82) is 0 Å². The third-order valence-electron chi connectivity index (χ3n) is 4.72. The van der Waals surface area contributed by atoms with Crippen LogP contribution in [0.25, 0.3) is 0 Å². The molecule has 2 unspecified atom stereocenters. The molecule has 2 nitrogen and oxygen atoms in total. The van der Waals surface area contributed by atoms with Gasteiger partial charge in [-0.05, 0) is 46.0 Å². The van der Waals surface area contributed by atoms with Crippen LogP contribution in [0.2, 0.25) is 0 Å². The van der Waals surface area contributed by atoms with Crippen molar-refractivity contribution in [3.8, 4) is 0 Å². The SMILES string of the molecule is CCN=C1C2CCCCCCC2CCN1C(C)C. The number of aliphatic imine (C=N–C) groups is 1. The van der Waals surface area contributed by atoms with Crippen LogP contribution in [0.4, 0.5) is 0 Å². The van der Waals surface area contributed by atoms with E-state index in [-0.39, 0.29) is 0 Å². The Morgan fingerprint density at radius 3 is 2.50 bits per heavy atom. The molecule has 0 aromatic rings. The standard InChI is InChI=1S/C16H30N2/c1-4-17-16-15-10-8-6-5-7-9-14(15)11-12-18(16)13(2)3/h13-15H,4-12H2,1-3H3. The van der Waals surface area contributed by atoms with E-state index in [0.717, 1.165) is 18.4 Å². The van der Waals surface area contributed by atoms with Crippen molar-refractivity contribution in [2.75, 3.05) is 13.1 Å². The van der Waals surface area contributed by atoms with Gasteiger partial charge in [-0.15, -0.1) is 0 Å². The van der Waals surface area contributed by atoms with E-state index in [1.165, 1.54) is 57.3 Å². The van der Waals surface area contributed by atoms with Crippen molar-refractivity contribution in [2.24, 2.45) is 16.8 Å². The summed E-state index contributed by atoms with van der Waals surface area (Å²) in [5.41, 5.74) is 0. The predicted molar refractivity (Wildman–Crippen MR) is 79.1 cm³/mol. The summed E-state index contributed by atoms with van der Waals surface area (Å²) < 4.78 is 0. The van der Waals surface area contributed by atoms with Crippen molar-refractivity contribution < 1.29 is 0 Å². The summed E-state index contributed by atoms with van der Waals surface area (Å²) in [6.07, 6.45) is 9.97. The first-order valence-corrected chi connectivity index (χ1v) is 8.05. The lowest BCUT2D eigenvalue weighted by Crippen LogP contribution is -2.49. The summed E-state index contributed by atoms with van der Waals surface area (Å²) >= 11 is 0. The first kappa shape index (κ1) is 13.9. The Morgan fingerprint density at radius 1 is 1.11 bits per heavy atom. The molecule has 1 aliphatic carbocycles. The Labute approximate surface area is 113 Å². The number of rotatable bonds is 2. The summed E-state index contributed by atoms with van der Waals surface area (Å²) in [4.78, 5) is 7.46. The van der Waals surface area contributed by atoms with Crippen LogP contribution in [0.5, 0.6) is 0 Å². The van der Waals surface area contributed by atoms with E-state index in [9.17, 15) is 0 Å². The Hall–Kier alpha value is -0.530. The minimum absolute atomic E-state index is 0.613. The molecule has 0 bridgehead atoms. The molecular weight excluding hydrogens is 220 g/mol. The summed E-state index contributed by atoms with van der Waals surface area (Å²) in [6.45, 7) is 8.99. The smallest absolute Gasteiger partial charge is 0.102 e. The van der Waals surface area contributed by atoms with Gasteiger partial charge in [0, 0.05) is 25.0 Å². The summed E-state index contributed by atoms with van der Waals surface area (Å²) in [7, 11) is 0. The topological polar surface area (TPSA) is 15.6 Å². The first-order chi connectivity index (χ1) is 8.74. The van der Waals surface area contributed by atoms with E-state index in [4.69, 9.17) is 4.99 Å². The van der Waals surface area contributed by atoms with Crippen LogP contribution in [0.15, 0.2) is 4.99 Å². The molecule has 0 amide bonds. The minimum Gasteiger partial charge on any atom is -0.358 e. The molecule has 0 aromatic heterocycles. The quantitative estimate of drug-likeness (QED) is 0.720. The molecule has 2 heteroatoms. The van der Waals surface area contributed by atoms with E-state index in [2.05, 4.69) is 25.7 Å². The van der Waals surface area contributed by atoms with Crippen LogP contribution in [0.3, 0.4) is 0 Å². The number of hydrogen-bond donors (Lipinski definition) is 0. The fourth-order valence-corrected chi connectivity index (χ4v) is 3.77. The number of hydrogen-bond acceptors (Lipinski definition) is 1. The van der Waals surface area contributed by atoms with Gasteiger partial charge in [-0.25, -0.2) is 0 Å². The van der Waals surface area contributed by atoms with Crippen LogP contribution < -0.4 is 0 Å². The fourth-order valence-electron chi connectivity index (χ4n) is 3.77. The van der Waals surface area contributed by atoms with Crippen molar-refractivity contribution in [3.05, 3.63) is 0 Å². The van der Waals surface area contributed by atoms with Crippen LogP contribution in [-0.2, 0) is 0 Å². The minimum atomic E-state index is 0.613. The molecule has 1 saturated carbocycles. The third-order valence-corrected chi connectivity index (χ3v) is 4.72. The van der Waals surface area contributed by atoms with Crippen molar-refractivity contribution in [1.82, 2.24) is 4.90 Å². The maximum Gasteiger partial charge on any atom is 0.102 e. The Kier molecular flexibility index (Phi) is 5.08. The van der Waals surface area contributed by atoms with Crippen molar-refractivity contribution in [2.45, 2.75) is 71.8 Å². The number of piperidine rings is 1. The van der Waals surface area contributed by atoms with E-state index in [0.29, 0.717) is 6.04 Å². The van der Waals surface area contributed by atoms with Gasteiger partial charge in [0.25, 0.3) is 0 Å². The molecule has 2 rings (SSSR count). The summed E-state index contributed by atoms with van der Waals surface area (Å²) in [5.74, 6) is 3.14. The number of amidine groups is 1. The van der Waals surface area contributed by atoms with Gasteiger partial charge < -0.3 is 4.90 Å². The molecule has 2 fully saturated rings. The average Bonchev–Trinajstić information content (AvgIpc) is 2.30. The number of fused-ring (bicyclic) bond motifs is 1. The van der Waals surface area contributed by atoms with Crippen molar-refractivity contribution >= 4 is 5.84 Å². The molecule has 104 valence electrons. The van der Waals surface area contributed by atoms with Gasteiger partial charge in [-0.1, -0.05) is 25.7 Å². The molecule has 0 N–H and O–H groups in total. The van der Waals surface area contributed by atoms with Crippen LogP contribution in [-0.4, -0.2) is 29.9 Å². The molecule has 1 heterocycles. The van der Waals surface area contributed by atoms with Crippen LogP contribution in [0, 0.1) is 11.8 Å². The highest BCUT2D eigenvalue weighted by Crippen LogP contribution is 2.36. The lowest BCUT2D eigenvalue weighted by Gasteiger charge is -2.44. The largest absolute Gasteiger partial charge is 0.358 e. The Bertz CT molecular complexity index is 283. The Morgan fingerprint density at radius 2 is 1.83 bits per heavy atom. The fraction of sp³-hybridized carbons (Fsp3) is 0.938. The molecule has 1 saturated heterocycles. The zero-order valence-corrected chi connectivity index (χ0v) is 12.5. The molecule has 1 aliphatic heterocycles. The van der Waals surface area contributed by atoms with Crippen molar-refractivity contribution in [3.63, 3.8) is 0 Å². The molecule has 2 aliphatic rings. The predicted octanol–water partition coefficient (Wildman–Crippen LogP) is 4.11. The van der Waals surface area contributed by atoms with Gasteiger partial charge in [0.15, 0.2) is 0 Å². The van der Waals surface area contributed by atoms with Gasteiger partial charge in [-0.2, -0.15) is 0 Å². The van der Waals surface area contributed by atoms with Crippen LogP contribution in [0.1, 0.15) is 65.7 Å². The normalized spacial score (nSPS) is 32.2. The molecule has 0 aromatic carbocycles. The third kappa shape index (κ3) is 3.07. The van der Waals surface area contributed by atoms with E-state index in [1.54, 1.807) is 0 Å². The Balaban J connectivity index is 2.17. The highest BCUT2D eigenvalue weighted by atomic mass is 15.2. The number of nitrogens with zero attached hydrogens (tertiary/aromatic N) is 2. The molecule has 0 spiro atoms. The second-order valence-corrected chi connectivity index (χ2v) is 6.27. The highest BCUT2D eigenvalue weighted by molar-refractivity contribution is 5.86. The molecular formula is C16H30N2. The lowest BCUT2D eigenvalue weighted by molar-refractivity contribution is 0.197. The van der Waals surface area contributed by atoms with Gasteiger partial charge in [0.2, 0.25) is 0 Å². The zero-order valence-electron chi connectivity index (χ0n) is 12.5. The molecule has 2 atom stereocenters. The average molecular weight is 250 g/mol. The van der Waals surface area contributed by atoms with Gasteiger partial charge >= 0.3 is 0 Å². The van der Waals surface area contributed by atoms with E-state index >= 15 is 0 Å². The first-order valence-electron chi connectivity index (χ1n) is 8.05. The summed E-state index contributed by atoms with van der Waals surface area (Å²) in [6, 6.07) is 0.613. The lowest BCUT2D eigenvalue weighted by atomic mass is 9.76. The van der Waals surface area contributed by atoms with Gasteiger partial charge in [0.05, 0.1) is 0 Å². The second kappa shape index (κ2) is 6.58. The van der Waals surface area contributed by atoms with Crippen LogP contribution >= 0.6 is 0 Å². The molecule has 0 radical (unpaired) electrons. The highest BCUT2D eigenvalue weighted by Gasteiger charge is 2.35.